The molecule has 6 heteroatoms. The third-order valence-electron chi connectivity index (χ3n) is 3.42. The fraction of sp³-hybridized carbons (Fsp3) is 0.600. The molecule has 1 atom stereocenters. The molecule has 0 aromatic carbocycles. The molecule has 0 bridgehead atoms. The summed E-state index contributed by atoms with van der Waals surface area (Å²) in [5, 5.41) is 7.08. The van der Waals surface area contributed by atoms with Crippen molar-refractivity contribution in [3.63, 3.8) is 0 Å². The summed E-state index contributed by atoms with van der Waals surface area (Å²) in [5.74, 6) is 1.77. The van der Waals surface area contributed by atoms with E-state index in [4.69, 9.17) is 11.6 Å². The van der Waals surface area contributed by atoms with Gasteiger partial charge in [-0.05, 0) is 31.1 Å². The van der Waals surface area contributed by atoms with Gasteiger partial charge in [-0.15, -0.1) is 0 Å². The van der Waals surface area contributed by atoms with Crippen molar-refractivity contribution >= 4 is 35.1 Å². The first-order valence-corrected chi connectivity index (χ1v) is 8.92. The summed E-state index contributed by atoms with van der Waals surface area (Å²) in [5.41, 5.74) is 0.492. The molecule has 1 saturated heterocycles. The SMILES string of the molecule is CCCNc1cc(C(=O)NCC2CCCCS2)c(Cl)cn1. The van der Waals surface area contributed by atoms with Crippen molar-refractivity contribution in [2.45, 2.75) is 37.9 Å². The number of amides is 1. The van der Waals surface area contributed by atoms with Crippen LogP contribution in [0.1, 0.15) is 43.0 Å². The van der Waals surface area contributed by atoms with Crippen LogP contribution in [-0.4, -0.2) is 35.0 Å². The van der Waals surface area contributed by atoms with Crippen molar-refractivity contribution in [2.24, 2.45) is 0 Å². The number of halogens is 1. The maximum atomic E-state index is 12.3. The number of aromatic nitrogens is 1. The van der Waals surface area contributed by atoms with E-state index in [1.54, 1.807) is 6.07 Å². The molecule has 21 heavy (non-hydrogen) atoms. The van der Waals surface area contributed by atoms with Gasteiger partial charge in [-0.1, -0.05) is 24.9 Å². The second kappa shape index (κ2) is 8.49. The molecule has 0 spiro atoms. The van der Waals surface area contributed by atoms with Gasteiger partial charge in [0.2, 0.25) is 0 Å². The van der Waals surface area contributed by atoms with E-state index < -0.39 is 0 Å². The van der Waals surface area contributed by atoms with E-state index >= 15 is 0 Å². The Balaban J connectivity index is 1.93. The molecule has 0 aliphatic carbocycles. The normalized spacial score (nSPS) is 18.3. The van der Waals surface area contributed by atoms with Crippen molar-refractivity contribution < 1.29 is 4.79 Å². The molecule has 0 saturated carbocycles. The summed E-state index contributed by atoms with van der Waals surface area (Å²) in [7, 11) is 0. The molecule has 2 heterocycles. The fourth-order valence-corrected chi connectivity index (χ4v) is 3.66. The van der Waals surface area contributed by atoms with Crippen LogP contribution in [0.4, 0.5) is 5.82 Å². The van der Waals surface area contributed by atoms with Crippen LogP contribution in [0.3, 0.4) is 0 Å². The first-order chi connectivity index (χ1) is 10.2. The van der Waals surface area contributed by atoms with Crippen LogP contribution in [0, 0.1) is 0 Å². The lowest BCUT2D eigenvalue weighted by Crippen LogP contribution is -2.32. The molecular weight excluding hydrogens is 306 g/mol. The number of rotatable bonds is 6. The van der Waals surface area contributed by atoms with Crippen LogP contribution in [0.25, 0.3) is 0 Å². The van der Waals surface area contributed by atoms with Gasteiger partial charge in [-0.25, -0.2) is 4.98 Å². The average Bonchev–Trinajstić information content (AvgIpc) is 2.53. The minimum Gasteiger partial charge on any atom is -0.370 e. The Hall–Kier alpha value is -0.940. The highest BCUT2D eigenvalue weighted by Gasteiger charge is 2.17. The largest absolute Gasteiger partial charge is 0.370 e. The zero-order valence-corrected chi connectivity index (χ0v) is 13.9. The van der Waals surface area contributed by atoms with E-state index in [1.165, 1.54) is 31.2 Å². The van der Waals surface area contributed by atoms with Gasteiger partial charge < -0.3 is 10.6 Å². The van der Waals surface area contributed by atoms with Crippen LogP contribution < -0.4 is 10.6 Å². The highest BCUT2D eigenvalue weighted by Crippen LogP contribution is 2.24. The number of nitrogens with zero attached hydrogens (tertiary/aromatic N) is 1. The average molecular weight is 328 g/mol. The number of hydrogen-bond acceptors (Lipinski definition) is 4. The minimum atomic E-state index is -0.117. The second-order valence-electron chi connectivity index (χ2n) is 5.17. The van der Waals surface area contributed by atoms with E-state index in [0.29, 0.717) is 28.2 Å². The molecule has 2 N–H and O–H groups in total. The summed E-state index contributed by atoms with van der Waals surface area (Å²) in [6, 6.07) is 1.72. The van der Waals surface area contributed by atoms with Gasteiger partial charge in [0, 0.05) is 24.5 Å². The monoisotopic (exact) mass is 327 g/mol. The predicted octanol–water partition coefficient (Wildman–Crippen LogP) is 3.57. The number of pyridine rings is 1. The van der Waals surface area contributed by atoms with Crippen molar-refractivity contribution in [1.82, 2.24) is 10.3 Å². The molecule has 4 nitrogen and oxygen atoms in total. The zero-order valence-electron chi connectivity index (χ0n) is 12.3. The molecule has 1 fully saturated rings. The Bertz CT molecular complexity index is 478. The molecule has 1 aromatic heterocycles. The predicted molar refractivity (Wildman–Crippen MR) is 90.5 cm³/mol. The molecule has 2 rings (SSSR count). The van der Waals surface area contributed by atoms with Crippen molar-refractivity contribution in [3.05, 3.63) is 22.8 Å². The summed E-state index contributed by atoms with van der Waals surface area (Å²) in [6.45, 7) is 3.62. The van der Waals surface area contributed by atoms with Gasteiger partial charge in [0.05, 0.1) is 10.6 Å². The Morgan fingerprint density at radius 3 is 3.10 bits per heavy atom. The fourth-order valence-electron chi connectivity index (χ4n) is 2.23. The Labute approximate surface area is 135 Å². The van der Waals surface area contributed by atoms with Crippen molar-refractivity contribution in [2.75, 3.05) is 24.2 Å². The first kappa shape index (κ1) is 16.4. The number of nitrogens with one attached hydrogen (secondary N) is 2. The quantitative estimate of drug-likeness (QED) is 0.838. The molecule has 0 radical (unpaired) electrons. The highest BCUT2D eigenvalue weighted by atomic mass is 35.5. The van der Waals surface area contributed by atoms with E-state index in [-0.39, 0.29) is 5.91 Å². The van der Waals surface area contributed by atoms with E-state index in [1.807, 2.05) is 11.8 Å². The molecule has 1 amide bonds. The molecule has 1 aliphatic rings. The number of anilines is 1. The number of thioether (sulfide) groups is 1. The first-order valence-electron chi connectivity index (χ1n) is 7.50. The lowest BCUT2D eigenvalue weighted by Gasteiger charge is -2.21. The summed E-state index contributed by atoms with van der Waals surface area (Å²) in [4.78, 5) is 16.5. The third kappa shape index (κ3) is 5.08. The van der Waals surface area contributed by atoms with Crippen LogP contribution >= 0.6 is 23.4 Å². The van der Waals surface area contributed by atoms with Crippen molar-refractivity contribution in [3.8, 4) is 0 Å². The molecule has 1 unspecified atom stereocenters. The lowest BCUT2D eigenvalue weighted by atomic mass is 10.2. The maximum absolute atomic E-state index is 12.3. The van der Waals surface area contributed by atoms with E-state index in [9.17, 15) is 4.79 Å². The van der Waals surface area contributed by atoms with Crippen LogP contribution in [0.5, 0.6) is 0 Å². The molecule has 1 aromatic rings. The Morgan fingerprint density at radius 1 is 1.52 bits per heavy atom. The summed E-state index contributed by atoms with van der Waals surface area (Å²) >= 11 is 8.04. The topological polar surface area (TPSA) is 54.0 Å². The minimum absolute atomic E-state index is 0.117. The number of carbonyl (C=O) groups is 1. The van der Waals surface area contributed by atoms with Gasteiger partial charge in [0.1, 0.15) is 5.82 Å². The van der Waals surface area contributed by atoms with Gasteiger partial charge in [0.15, 0.2) is 0 Å². The van der Waals surface area contributed by atoms with Crippen LogP contribution in [0.15, 0.2) is 12.3 Å². The number of hydrogen-bond donors (Lipinski definition) is 2. The zero-order chi connectivity index (χ0) is 15.1. The van der Waals surface area contributed by atoms with E-state index in [2.05, 4.69) is 22.5 Å². The second-order valence-corrected chi connectivity index (χ2v) is 6.99. The number of carbonyl (C=O) groups excluding carboxylic acids is 1. The third-order valence-corrected chi connectivity index (χ3v) is 5.12. The summed E-state index contributed by atoms with van der Waals surface area (Å²) in [6.07, 6.45) is 6.26. The van der Waals surface area contributed by atoms with Gasteiger partial charge in [0.25, 0.3) is 5.91 Å². The van der Waals surface area contributed by atoms with Crippen LogP contribution in [0.2, 0.25) is 5.02 Å². The Morgan fingerprint density at radius 2 is 2.38 bits per heavy atom. The molecule has 116 valence electrons. The van der Waals surface area contributed by atoms with Gasteiger partial charge in [-0.2, -0.15) is 11.8 Å². The lowest BCUT2D eigenvalue weighted by molar-refractivity contribution is 0.0953. The molecular formula is C15H22ClN3OS. The highest BCUT2D eigenvalue weighted by molar-refractivity contribution is 7.99. The van der Waals surface area contributed by atoms with Crippen molar-refractivity contribution in [1.29, 1.82) is 0 Å². The standard InChI is InChI=1S/C15H22ClN3OS/c1-2-6-17-14-8-12(13(16)10-18-14)15(20)19-9-11-5-3-4-7-21-11/h8,10-11H,2-7,9H2,1H3,(H,17,18)(H,19,20). The Kier molecular flexibility index (Phi) is 6.64. The van der Waals surface area contributed by atoms with Gasteiger partial charge in [-0.3, -0.25) is 4.79 Å². The van der Waals surface area contributed by atoms with Crippen LogP contribution in [-0.2, 0) is 0 Å². The molecule has 1 aliphatic heterocycles. The maximum Gasteiger partial charge on any atom is 0.253 e. The smallest absolute Gasteiger partial charge is 0.253 e. The summed E-state index contributed by atoms with van der Waals surface area (Å²) < 4.78 is 0. The van der Waals surface area contributed by atoms with Gasteiger partial charge >= 0.3 is 0 Å². The van der Waals surface area contributed by atoms with E-state index in [0.717, 1.165) is 13.0 Å².